The lowest BCUT2D eigenvalue weighted by atomic mass is 10.2. The molecule has 1 amide bonds. The molecular weight excluding hydrogens is 292 g/mol. The van der Waals surface area contributed by atoms with Crippen LogP contribution in [0.15, 0.2) is 41.6 Å². The summed E-state index contributed by atoms with van der Waals surface area (Å²) in [5, 5.41) is 11.8. The van der Waals surface area contributed by atoms with E-state index in [-0.39, 0.29) is 17.2 Å². The van der Waals surface area contributed by atoms with E-state index in [0.717, 1.165) is 0 Å². The molecule has 0 spiro atoms. The molecule has 1 aromatic carbocycles. The first kappa shape index (κ1) is 15.2. The van der Waals surface area contributed by atoms with Gasteiger partial charge in [0.05, 0.1) is 4.90 Å². The van der Waals surface area contributed by atoms with Crippen molar-refractivity contribution in [3.8, 4) is 0 Å². The van der Waals surface area contributed by atoms with Gasteiger partial charge in [-0.2, -0.15) is 5.10 Å². The van der Waals surface area contributed by atoms with Crippen molar-refractivity contribution in [2.75, 3.05) is 5.32 Å². The van der Waals surface area contributed by atoms with E-state index in [9.17, 15) is 13.2 Å². The van der Waals surface area contributed by atoms with Gasteiger partial charge in [-0.3, -0.25) is 9.48 Å². The van der Waals surface area contributed by atoms with E-state index in [0.29, 0.717) is 17.8 Å². The van der Waals surface area contributed by atoms with Crippen LogP contribution < -0.4 is 10.5 Å². The minimum Gasteiger partial charge on any atom is -0.326 e. The molecule has 0 bridgehead atoms. The topological polar surface area (TPSA) is 107 Å². The summed E-state index contributed by atoms with van der Waals surface area (Å²) in [6.07, 6.45) is 3.64. The lowest BCUT2D eigenvalue weighted by Gasteiger charge is -2.11. The minimum absolute atomic E-state index is 0.00683. The Kier molecular flexibility index (Phi) is 4.39. The quantitative estimate of drug-likeness (QED) is 0.854. The zero-order chi connectivity index (χ0) is 15.5. The molecule has 0 saturated carbocycles. The zero-order valence-corrected chi connectivity index (χ0v) is 12.3. The zero-order valence-electron chi connectivity index (χ0n) is 11.5. The van der Waals surface area contributed by atoms with Gasteiger partial charge in [-0.05, 0) is 30.7 Å². The summed E-state index contributed by atoms with van der Waals surface area (Å²) in [7, 11) is -3.80. The fourth-order valence-corrected chi connectivity index (χ4v) is 2.72. The highest BCUT2D eigenvalue weighted by atomic mass is 32.2. The molecule has 0 atom stereocenters. The van der Waals surface area contributed by atoms with Crippen LogP contribution in [0.25, 0.3) is 0 Å². The predicted molar refractivity (Wildman–Crippen MR) is 78.0 cm³/mol. The number of nitrogens with one attached hydrogen (secondary N) is 1. The number of aryl methyl sites for hydroxylation is 1. The number of rotatable bonds is 5. The van der Waals surface area contributed by atoms with Crippen molar-refractivity contribution in [3.05, 3.63) is 42.2 Å². The molecule has 112 valence electrons. The summed E-state index contributed by atoms with van der Waals surface area (Å²) in [5.41, 5.74) is 0.861. The maximum Gasteiger partial charge on any atom is 0.238 e. The first-order valence-corrected chi connectivity index (χ1v) is 7.82. The molecule has 1 aromatic heterocycles. The number of carbonyl (C=O) groups is 1. The summed E-state index contributed by atoms with van der Waals surface area (Å²) in [6.45, 7) is 2.05. The Hall–Kier alpha value is -2.19. The van der Waals surface area contributed by atoms with E-state index in [4.69, 9.17) is 5.14 Å². The highest BCUT2D eigenvalue weighted by Gasteiger charge is 2.14. The third-order valence-electron chi connectivity index (χ3n) is 2.99. The van der Waals surface area contributed by atoms with Crippen LogP contribution in [0.4, 0.5) is 5.69 Å². The molecule has 2 aromatic rings. The van der Waals surface area contributed by atoms with Crippen LogP contribution in [0, 0.1) is 6.92 Å². The first-order chi connectivity index (χ1) is 9.88. The van der Waals surface area contributed by atoms with Gasteiger partial charge in [-0.1, -0.05) is 6.07 Å². The molecule has 1 heterocycles. The molecule has 0 aliphatic rings. The van der Waals surface area contributed by atoms with Gasteiger partial charge in [0.1, 0.15) is 0 Å². The first-order valence-electron chi connectivity index (χ1n) is 6.27. The number of aromatic nitrogens is 2. The number of carbonyl (C=O) groups excluding carboxylic acids is 1. The predicted octanol–water partition coefficient (Wildman–Crippen LogP) is 0.868. The molecule has 21 heavy (non-hydrogen) atoms. The Morgan fingerprint density at radius 1 is 1.38 bits per heavy atom. The van der Waals surface area contributed by atoms with Crippen LogP contribution in [0.5, 0.6) is 0 Å². The van der Waals surface area contributed by atoms with Crippen molar-refractivity contribution in [1.82, 2.24) is 9.78 Å². The molecule has 3 N–H and O–H groups in total. The summed E-state index contributed by atoms with van der Waals surface area (Å²) in [4.78, 5) is 11.9. The van der Waals surface area contributed by atoms with Crippen molar-refractivity contribution in [3.63, 3.8) is 0 Å². The van der Waals surface area contributed by atoms with Crippen LogP contribution in [0.3, 0.4) is 0 Å². The summed E-state index contributed by atoms with van der Waals surface area (Å²) in [6, 6.07) is 6.35. The lowest BCUT2D eigenvalue weighted by molar-refractivity contribution is -0.116. The van der Waals surface area contributed by atoms with Crippen molar-refractivity contribution < 1.29 is 13.2 Å². The van der Waals surface area contributed by atoms with Crippen LogP contribution in [0.1, 0.15) is 12.0 Å². The number of anilines is 1. The lowest BCUT2D eigenvalue weighted by Crippen LogP contribution is -2.18. The smallest absolute Gasteiger partial charge is 0.238 e. The van der Waals surface area contributed by atoms with E-state index in [1.54, 1.807) is 36.1 Å². The van der Waals surface area contributed by atoms with Gasteiger partial charge in [0.2, 0.25) is 15.9 Å². The van der Waals surface area contributed by atoms with Crippen molar-refractivity contribution in [1.29, 1.82) is 0 Å². The molecule has 0 aliphatic heterocycles. The van der Waals surface area contributed by atoms with Crippen LogP contribution in [0.2, 0.25) is 0 Å². The molecule has 0 unspecified atom stereocenters. The molecule has 8 heteroatoms. The second kappa shape index (κ2) is 6.06. The number of amides is 1. The molecule has 0 radical (unpaired) electrons. The van der Waals surface area contributed by atoms with E-state index >= 15 is 0 Å². The Labute approximate surface area is 122 Å². The van der Waals surface area contributed by atoms with Crippen LogP contribution >= 0.6 is 0 Å². The maximum absolute atomic E-state index is 11.9. The van der Waals surface area contributed by atoms with Gasteiger partial charge < -0.3 is 5.32 Å². The van der Waals surface area contributed by atoms with Crippen LogP contribution in [-0.4, -0.2) is 24.1 Å². The number of nitrogens with zero attached hydrogens (tertiary/aromatic N) is 2. The van der Waals surface area contributed by atoms with Gasteiger partial charge in [-0.15, -0.1) is 0 Å². The molecule has 2 rings (SSSR count). The standard InChI is InChI=1S/C13H16N4O3S/c1-10-11(4-2-5-12(10)21(14,19)20)16-13(18)6-9-17-8-3-7-15-17/h2-5,7-8H,6,9H2,1H3,(H,16,18)(H2,14,19,20). The summed E-state index contributed by atoms with van der Waals surface area (Å²) in [5.74, 6) is -0.222. The highest BCUT2D eigenvalue weighted by molar-refractivity contribution is 7.89. The Bertz CT molecular complexity index is 739. The third kappa shape index (κ3) is 3.89. The molecule has 0 saturated heterocycles. The molecule has 0 aliphatic carbocycles. The van der Waals surface area contributed by atoms with E-state index in [1.807, 2.05) is 0 Å². The number of sulfonamides is 1. The average Bonchev–Trinajstić information content (AvgIpc) is 2.90. The fourth-order valence-electron chi connectivity index (χ4n) is 1.92. The van der Waals surface area contributed by atoms with Gasteiger partial charge in [-0.25, -0.2) is 13.6 Å². The number of nitrogens with two attached hydrogens (primary N) is 1. The fraction of sp³-hybridized carbons (Fsp3) is 0.231. The largest absolute Gasteiger partial charge is 0.326 e. The normalized spacial score (nSPS) is 11.3. The second-order valence-corrected chi connectivity index (χ2v) is 6.07. The van der Waals surface area contributed by atoms with Gasteiger partial charge in [0.15, 0.2) is 0 Å². The SMILES string of the molecule is Cc1c(NC(=O)CCn2cccn2)cccc1S(N)(=O)=O. The molecule has 0 fully saturated rings. The Morgan fingerprint density at radius 3 is 2.76 bits per heavy atom. The van der Waals surface area contributed by atoms with Crippen molar-refractivity contribution in [2.45, 2.75) is 24.8 Å². The monoisotopic (exact) mass is 308 g/mol. The molecular formula is C13H16N4O3S. The minimum atomic E-state index is -3.80. The molecule has 7 nitrogen and oxygen atoms in total. The average molecular weight is 308 g/mol. The van der Waals surface area contributed by atoms with E-state index in [2.05, 4.69) is 10.4 Å². The van der Waals surface area contributed by atoms with Gasteiger partial charge >= 0.3 is 0 Å². The summed E-state index contributed by atoms with van der Waals surface area (Å²) >= 11 is 0. The summed E-state index contributed by atoms with van der Waals surface area (Å²) < 4.78 is 24.5. The van der Waals surface area contributed by atoms with Crippen molar-refractivity contribution >= 4 is 21.6 Å². The van der Waals surface area contributed by atoms with Crippen molar-refractivity contribution in [2.24, 2.45) is 5.14 Å². The number of primary sulfonamides is 1. The Balaban J connectivity index is 2.07. The number of benzene rings is 1. The van der Waals surface area contributed by atoms with E-state index in [1.165, 1.54) is 12.1 Å². The number of hydrogen-bond donors (Lipinski definition) is 2. The van der Waals surface area contributed by atoms with Gasteiger partial charge in [0.25, 0.3) is 0 Å². The number of hydrogen-bond acceptors (Lipinski definition) is 4. The Morgan fingerprint density at radius 2 is 2.14 bits per heavy atom. The second-order valence-electron chi connectivity index (χ2n) is 4.54. The van der Waals surface area contributed by atoms with Crippen LogP contribution in [-0.2, 0) is 21.4 Å². The van der Waals surface area contributed by atoms with E-state index < -0.39 is 10.0 Å². The maximum atomic E-state index is 11.9. The highest BCUT2D eigenvalue weighted by Crippen LogP contribution is 2.22. The third-order valence-corrected chi connectivity index (χ3v) is 4.05. The van der Waals surface area contributed by atoms with Gasteiger partial charge in [0, 0.05) is 31.0 Å².